The van der Waals surface area contributed by atoms with E-state index >= 15 is 0 Å². The largest absolute Gasteiger partial charge is 0.311 e. The van der Waals surface area contributed by atoms with Crippen LogP contribution in [0.2, 0.25) is 0 Å². The number of rotatable bonds is 5. The summed E-state index contributed by atoms with van der Waals surface area (Å²) in [7, 11) is 0. The van der Waals surface area contributed by atoms with E-state index in [-0.39, 0.29) is 0 Å². The zero-order valence-electron chi connectivity index (χ0n) is 10.2. The molecule has 0 atom stereocenters. The average molecular weight is 246 g/mol. The van der Waals surface area contributed by atoms with Crippen LogP contribution >= 0.6 is 11.8 Å². The summed E-state index contributed by atoms with van der Waals surface area (Å²) in [5.41, 5.74) is 1.98. The predicted octanol–water partition coefficient (Wildman–Crippen LogP) is 2.93. The molecule has 0 spiro atoms. The molecule has 0 aromatic heterocycles. The van der Waals surface area contributed by atoms with Gasteiger partial charge in [-0.1, -0.05) is 18.6 Å². The maximum atomic E-state index is 8.71. The molecule has 0 unspecified atom stereocenters. The molecule has 0 aliphatic heterocycles. The van der Waals surface area contributed by atoms with Gasteiger partial charge in [0.15, 0.2) is 0 Å². The number of nitrogens with one attached hydrogen (secondary N) is 1. The monoisotopic (exact) mass is 246 g/mol. The van der Waals surface area contributed by atoms with Gasteiger partial charge in [0.25, 0.3) is 0 Å². The molecule has 2 nitrogen and oxygen atoms in total. The lowest BCUT2D eigenvalue weighted by Crippen LogP contribution is -2.43. The Hall–Kier alpha value is -0.980. The summed E-state index contributed by atoms with van der Waals surface area (Å²) >= 11 is 1.99. The fourth-order valence-electron chi connectivity index (χ4n) is 2.16. The summed E-state index contributed by atoms with van der Waals surface area (Å²) in [5, 5.41) is 12.2. The summed E-state index contributed by atoms with van der Waals surface area (Å²) in [6.45, 7) is 1.99. The zero-order chi connectivity index (χ0) is 12.1. The number of nitriles is 1. The van der Waals surface area contributed by atoms with Crippen LogP contribution in [0.25, 0.3) is 0 Å². The highest BCUT2D eigenvalue weighted by Crippen LogP contribution is 2.42. The molecular weight excluding hydrogens is 228 g/mol. The van der Waals surface area contributed by atoms with Crippen molar-refractivity contribution < 1.29 is 0 Å². The van der Waals surface area contributed by atoms with Crippen LogP contribution in [0.5, 0.6) is 0 Å². The molecule has 1 aliphatic carbocycles. The van der Waals surface area contributed by atoms with Crippen molar-refractivity contribution in [2.24, 2.45) is 0 Å². The maximum Gasteiger partial charge on any atom is 0.0991 e. The molecule has 1 fully saturated rings. The van der Waals surface area contributed by atoms with Gasteiger partial charge in [0.1, 0.15) is 0 Å². The van der Waals surface area contributed by atoms with Gasteiger partial charge in [0.05, 0.1) is 11.6 Å². The fraction of sp³-hybridized carbons (Fsp3) is 0.500. The van der Waals surface area contributed by atoms with Gasteiger partial charge in [-0.25, -0.2) is 0 Å². The van der Waals surface area contributed by atoms with E-state index < -0.39 is 0 Å². The third-order valence-electron chi connectivity index (χ3n) is 3.56. The molecular formula is C14H18N2S. The van der Waals surface area contributed by atoms with Crippen LogP contribution in [-0.4, -0.2) is 17.5 Å². The van der Waals surface area contributed by atoms with Gasteiger partial charge >= 0.3 is 0 Å². The molecule has 0 heterocycles. The van der Waals surface area contributed by atoms with Crippen molar-refractivity contribution in [1.29, 1.82) is 5.26 Å². The highest BCUT2D eigenvalue weighted by Gasteiger charge is 2.35. The Morgan fingerprint density at radius 2 is 2.06 bits per heavy atom. The molecule has 0 radical (unpaired) electrons. The molecule has 0 amide bonds. The number of thioether (sulfide) groups is 1. The standard InChI is InChI=1S/C14H18N2S/c1-17-14(7-2-8-14)11-16-10-13-5-3-12(9-15)4-6-13/h3-6,16H,2,7-8,10-11H2,1H3. The van der Waals surface area contributed by atoms with Crippen LogP contribution < -0.4 is 5.32 Å². The van der Waals surface area contributed by atoms with Gasteiger partial charge in [-0.15, -0.1) is 0 Å². The summed E-state index contributed by atoms with van der Waals surface area (Å²) in [4.78, 5) is 0. The second-order valence-electron chi connectivity index (χ2n) is 4.65. The Bertz CT molecular complexity index is 396. The van der Waals surface area contributed by atoms with Crippen LogP contribution in [0.3, 0.4) is 0 Å². The number of hydrogen-bond acceptors (Lipinski definition) is 3. The van der Waals surface area contributed by atoms with E-state index in [4.69, 9.17) is 5.26 Å². The van der Waals surface area contributed by atoms with Crippen molar-refractivity contribution in [3.63, 3.8) is 0 Å². The molecule has 1 N–H and O–H groups in total. The number of nitrogens with zero attached hydrogens (tertiary/aromatic N) is 1. The van der Waals surface area contributed by atoms with Crippen LogP contribution in [0, 0.1) is 11.3 Å². The summed E-state index contributed by atoms with van der Waals surface area (Å²) in [6, 6.07) is 9.95. The minimum Gasteiger partial charge on any atom is -0.311 e. The van der Waals surface area contributed by atoms with Gasteiger partial charge in [-0.2, -0.15) is 17.0 Å². The second-order valence-corrected chi connectivity index (χ2v) is 5.93. The van der Waals surface area contributed by atoms with Crippen LogP contribution in [0.1, 0.15) is 30.4 Å². The summed E-state index contributed by atoms with van der Waals surface area (Å²) < 4.78 is 0.493. The minimum absolute atomic E-state index is 0.493. The first-order valence-corrected chi connectivity index (χ1v) is 7.25. The second kappa shape index (κ2) is 5.57. The van der Waals surface area contributed by atoms with Gasteiger partial charge in [-0.05, 0) is 36.8 Å². The van der Waals surface area contributed by atoms with E-state index in [1.54, 1.807) is 0 Å². The van der Waals surface area contributed by atoms with E-state index in [0.29, 0.717) is 4.75 Å². The lowest BCUT2D eigenvalue weighted by Gasteiger charge is -2.40. The normalized spacial score (nSPS) is 17.2. The first-order valence-electron chi connectivity index (χ1n) is 6.03. The number of benzene rings is 1. The lowest BCUT2D eigenvalue weighted by atomic mass is 9.84. The van der Waals surface area contributed by atoms with Crippen molar-refractivity contribution >= 4 is 11.8 Å². The molecule has 2 rings (SSSR count). The molecule has 1 aliphatic rings. The average Bonchev–Trinajstić information content (AvgIpc) is 2.33. The van der Waals surface area contributed by atoms with Crippen molar-refractivity contribution in [3.8, 4) is 6.07 Å². The molecule has 0 saturated heterocycles. The summed E-state index contributed by atoms with van der Waals surface area (Å²) in [6.07, 6.45) is 6.27. The van der Waals surface area contributed by atoms with Crippen LogP contribution in [0.15, 0.2) is 24.3 Å². The minimum atomic E-state index is 0.493. The van der Waals surface area contributed by atoms with Gasteiger partial charge < -0.3 is 5.32 Å². The molecule has 1 saturated carbocycles. The molecule has 1 aromatic rings. The van der Waals surface area contributed by atoms with E-state index in [2.05, 4.69) is 17.6 Å². The quantitative estimate of drug-likeness (QED) is 0.867. The first kappa shape index (κ1) is 12.5. The topological polar surface area (TPSA) is 35.8 Å². The van der Waals surface area contributed by atoms with Crippen LogP contribution in [-0.2, 0) is 6.54 Å². The molecule has 1 aromatic carbocycles. The van der Waals surface area contributed by atoms with E-state index in [1.165, 1.54) is 24.8 Å². The van der Waals surface area contributed by atoms with Crippen molar-refractivity contribution in [1.82, 2.24) is 5.32 Å². The van der Waals surface area contributed by atoms with E-state index in [0.717, 1.165) is 18.7 Å². The third kappa shape index (κ3) is 3.02. The molecule has 3 heteroatoms. The highest BCUT2D eigenvalue weighted by atomic mass is 32.2. The highest BCUT2D eigenvalue weighted by molar-refractivity contribution is 8.00. The fourth-order valence-corrected chi connectivity index (χ4v) is 3.10. The maximum absolute atomic E-state index is 8.71. The van der Waals surface area contributed by atoms with Crippen molar-refractivity contribution in [2.45, 2.75) is 30.6 Å². The van der Waals surface area contributed by atoms with Crippen molar-refractivity contribution in [3.05, 3.63) is 35.4 Å². The first-order chi connectivity index (χ1) is 8.28. The predicted molar refractivity (Wildman–Crippen MR) is 73.0 cm³/mol. The molecule has 17 heavy (non-hydrogen) atoms. The molecule has 90 valence electrons. The number of hydrogen-bond donors (Lipinski definition) is 1. The molecule has 0 bridgehead atoms. The third-order valence-corrected chi connectivity index (χ3v) is 4.98. The van der Waals surface area contributed by atoms with Crippen molar-refractivity contribution in [2.75, 3.05) is 12.8 Å². The summed E-state index contributed by atoms with van der Waals surface area (Å²) in [5.74, 6) is 0. The Morgan fingerprint density at radius 3 is 2.53 bits per heavy atom. The van der Waals surface area contributed by atoms with E-state index in [1.807, 2.05) is 36.0 Å². The Morgan fingerprint density at radius 1 is 1.35 bits per heavy atom. The Balaban J connectivity index is 1.80. The Kier molecular flexibility index (Phi) is 4.09. The Labute approximate surface area is 107 Å². The van der Waals surface area contributed by atoms with Crippen LogP contribution in [0.4, 0.5) is 0 Å². The zero-order valence-corrected chi connectivity index (χ0v) is 11.0. The van der Waals surface area contributed by atoms with Gasteiger partial charge in [-0.3, -0.25) is 0 Å². The van der Waals surface area contributed by atoms with Gasteiger partial charge in [0.2, 0.25) is 0 Å². The van der Waals surface area contributed by atoms with E-state index in [9.17, 15) is 0 Å². The lowest BCUT2D eigenvalue weighted by molar-refractivity contribution is 0.345. The SMILES string of the molecule is CSC1(CNCc2ccc(C#N)cc2)CCC1. The van der Waals surface area contributed by atoms with Gasteiger partial charge in [0, 0.05) is 17.8 Å². The smallest absolute Gasteiger partial charge is 0.0991 e.